The maximum absolute atomic E-state index is 10.8. The molecule has 6 heteroatoms. The zero-order valence-corrected chi connectivity index (χ0v) is 14.3. The number of methoxy groups -OCH3 is 1. The maximum atomic E-state index is 10.8. The first kappa shape index (κ1) is 15.9. The molecule has 0 aromatic heterocycles. The fourth-order valence-electron chi connectivity index (χ4n) is 3.56. The Kier molecular flexibility index (Phi) is 3.47. The van der Waals surface area contributed by atoms with Crippen LogP contribution in [0, 0.1) is 5.92 Å². The Labute approximate surface area is 145 Å². The van der Waals surface area contributed by atoms with E-state index in [-0.39, 0.29) is 24.4 Å². The van der Waals surface area contributed by atoms with Crippen molar-refractivity contribution in [3.63, 3.8) is 0 Å². The number of phenolic OH excluding ortho intramolecular Hbond substituents is 1. The summed E-state index contributed by atoms with van der Waals surface area (Å²) in [6, 6.07) is 8.92. The second-order valence-corrected chi connectivity index (χ2v) is 6.56. The van der Waals surface area contributed by atoms with Gasteiger partial charge in [-0.15, -0.1) is 0 Å². The van der Waals surface area contributed by atoms with Crippen LogP contribution in [0.2, 0.25) is 0 Å². The average molecular weight is 344 g/mol. The third kappa shape index (κ3) is 2.36. The number of fused-ring (bicyclic) bond motifs is 2. The van der Waals surface area contributed by atoms with Crippen LogP contribution in [0.4, 0.5) is 0 Å². The Morgan fingerprint density at radius 2 is 1.84 bits per heavy atom. The predicted octanol–water partition coefficient (Wildman–Crippen LogP) is 3.00. The molecule has 2 heterocycles. The van der Waals surface area contributed by atoms with Crippen molar-refractivity contribution in [2.24, 2.45) is 5.92 Å². The molecular formula is C19H20O6. The van der Waals surface area contributed by atoms with Crippen LogP contribution in [0.15, 0.2) is 30.3 Å². The topological polar surface area (TPSA) is 77.4 Å². The van der Waals surface area contributed by atoms with Crippen LogP contribution < -0.4 is 18.9 Å². The first-order valence-corrected chi connectivity index (χ1v) is 8.13. The minimum Gasteiger partial charge on any atom is -0.504 e. The molecule has 132 valence electrons. The number of ether oxygens (including phenoxy) is 4. The van der Waals surface area contributed by atoms with Crippen molar-refractivity contribution >= 4 is 0 Å². The monoisotopic (exact) mass is 344 g/mol. The van der Waals surface area contributed by atoms with E-state index in [1.165, 1.54) is 7.11 Å². The van der Waals surface area contributed by atoms with Gasteiger partial charge < -0.3 is 29.2 Å². The molecule has 0 saturated heterocycles. The molecule has 2 aliphatic heterocycles. The van der Waals surface area contributed by atoms with Crippen LogP contribution in [-0.4, -0.2) is 29.9 Å². The highest BCUT2D eigenvalue weighted by molar-refractivity contribution is 5.59. The molecule has 0 amide bonds. The van der Waals surface area contributed by atoms with E-state index in [0.29, 0.717) is 28.6 Å². The number of hydrogen-bond donors (Lipinski definition) is 2. The third-order valence-electron chi connectivity index (χ3n) is 5.09. The van der Waals surface area contributed by atoms with E-state index in [0.717, 1.165) is 5.56 Å². The van der Waals surface area contributed by atoms with Crippen molar-refractivity contribution in [3.05, 3.63) is 41.5 Å². The lowest BCUT2D eigenvalue weighted by Gasteiger charge is -2.42. The van der Waals surface area contributed by atoms with E-state index in [9.17, 15) is 10.2 Å². The van der Waals surface area contributed by atoms with Gasteiger partial charge in [-0.05, 0) is 12.1 Å². The number of rotatable bonds is 2. The van der Waals surface area contributed by atoms with Crippen LogP contribution in [0.1, 0.15) is 30.9 Å². The number of phenols is 1. The summed E-state index contributed by atoms with van der Waals surface area (Å²) in [5.41, 5.74) is 1.49. The predicted molar refractivity (Wildman–Crippen MR) is 89.5 cm³/mol. The summed E-state index contributed by atoms with van der Waals surface area (Å²) in [4.78, 5) is 0. The molecule has 0 unspecified atom stereocenters. The minimum atomic E-state index is -1.40. The van der Waals surface area contributed by atoms with E-state index in [1.807, 2.05) is 25.1 Å². The van der Waals surface area contributed by atoms with Gasteiger partial charge in [-0.1, -0.05) is 19.1 Å². The van der Waals surface area contributed by atoms with Crippen LogP contribution in [0.25, 0.3) is 0 Å². The third-order valence-corrected chi connectivity index (χ3v) is 5.09. The van der Waals surface area contributed by atoms with E-state index in [1.54, 1.807) is 19.1 Å². The van der Waals surface area contributed by atoms with Crippen molar-refractivity contribution in [2.45, 2.75) is 25.6 Å². The summed E-state index contributed by atoms with van der Waals surface area (Å²) in [6.45, 7) is 3.66. The lowest BCUT2D eigenvalue weighted by Crippen LogP contribution is -2.45. The molecule has 2 N–H and O–H groups in total. The van der Waals surface area contributed by atoms with Gasteiger partial charge >= 0.3 is 0 Å². The van der Waals surface area contributed by atoms with Gasteiger partial charge in [-0.2, -0.15) is 0 Å². The summed E-state index contributed by atoms with van der Waals surface area (Å²) < 4.78 is 21.9. The molecule has 2 aromatic rings. The van der Waals surface area contributed by atoms with Crippen molar-refractivity contribution in [3.8, 4) is 28.7 Å². The lowest BCUT2D eigenvalue weighted by atomic mass is 9.75. The van der Waals surface area contributed by atoms with E-state index < -0.39 is 5.79 Å². The van der Waals surface area contributed by atoms with Gasteiger partial charge in [0.25, 0.3) is 0 Å². The first-order valence-electron chi connectivity index (χ1n) is 8.13. The fourth-order valence-corrected chi connectivity index (χ4v) is 3.56. The zero-order chi connectivity index (χ0) is 17.8. The number of aromatic hydroxyl groups is 1. The molecule has 25 heavy (non-hydrogen) atoms. The second-order valence-electron chi connectivity index (χ2n) is 6.56. The molecule has 2 aromatic carbocycles. The van der Waals surface area contributed by atoms with Gasteiger partial charge in [0.2, 0.25) is 12.6 Å². The lowest BCUT2D eigenvalue weighted by molar-refractivity contribution is -0.171. The molecule has 2 aliphatic rings. The summed E-state index contributed by atoms with van der Waals surface area (Å²) in [6.07, 6.45) is 0. The molecular weight excluding hydrogens is 324 g/mol. The minimum absolute atomic E-state index is 0.0585. The summed E-state index contributed by atoms with van der Waals surface area (Å²) in [5.74, 6) is 0.143. The van der Waals surface area contributed by atoms with Crippen molar-refractivity contribution in [1.82, 2.24) is 0 Å². The molecule has 0 fully saturated rings. The van der Waals surface area contributed by atoms with Gasteiger partial charge in [0.05, 0.1) is 7.11 Å². The summed E-state index contributed by atoms with van der Waals surface area (Å²) >= 11 is 0. The number of aliphatic hydroxyl groups is 1. The fraction of sp³-hybridized carbons (Fsp3) is 0.368. The second kappa shape index (κ2) is 5.46. The smallest absolute Gasteiger partial charge is 0.231 e. The summed E-state index contributed by atoms with van der Waals surface area (Å²) in [7, 11) is 1.51. The highest BCUT2D eigenvalue weighted by atomic mass is 16.7. The maximum Gasteiger partial charge on any atom is 0.231 e. The molecule has 3 atom stereocenters. The number of hydrogen-bond acceptors (Lipinski definition) is 6. The SMILES string of the molecule is COc1cccc([C@@H]2c3cc4c(cc3O[C@@](C)(O)[C@H]2C)OCO4)c1O. The van der Waals surface area contributed by atoms with Crippen LogP contribution in [0.5, 0.6) is 28.7 Å². The normalized spacial score (nSPS) is 26.7. The van der Waals surface area contributed by atoms with Crippen molar-refractivity contribution < 1.29 is 29.2 Å². The highest BCUT2D eigenvalue weighted by Crippen LogP contribution is 2.53. The first-order chi connectivity index (χ1) is 11.9. The number of benzene rings is 2. The molecule has 0 spiro atoms. The zero-order valence-electron chi connectivity index (χ0n) is 14.3. The molecule has 0 saturated carbocycles. The Morgan fingerprint density at radius 1 is 1.12 bits per heavy atom. The van der Waals surface area contributed by atoms with Crippen LogP contribution in [-0.2, 0) is 0 Å². The van der Waals surface area contributed by atoms with E-state index in [2.05, 4.69) is 0 Å². The van der Waals surface area contributed by atoms with Crippen molar-refractivity contribution in [2.75, 3.05) is 13.9 Å². The quantitative estimate of drug-likeness (QED) is 0.872. The molecule has 0 radical (unpaired) electrons. The number of para-hydroxylation sites is 1. The largest absolute Gasteiger partial charge is 0.504 e. The van der Waals surface area contributed by atoms with Gasteiger partial charge in [0.1, 0.15) is 5.75 Å². The molecule has 0 aliphatic carbocycles. The summed E-state index contributed by atoms with van der Waals surface area (Å²) in [5, 5.41) is 21.4. The van der Waals surface area contributed by atoms with Gasteiger partial charge in [-0.25, -0.2) is 0 Å². The van der Waals surface area contributed by atoms with E-state index >= 15 is 0 Å². The Balaban J connectivity index is 1.93. The molecule has 0 bridgehead atoms. The van der Waals surface area contributed by atoms with Gasteiger partial charge in [0, 0.05) is 36.0 Å². The Bertz CT molecular complexity index is 829. The molecule has 4 rings (SSSR count). The highest BCUT2D eigenvalue weighted by Gasteiger charge is 2.45. The molecule has 6 nitrogen and oxygen atoms in total. The van der Waals surface area contributed by atoms with Gasteiger partial charge in [-0.3, -0.25) is 0 Å². The van der Waals surface area contributed by atoms with Crippen LogP contribution >= 0.6 is 0 Å². The van der Waals surface area contributed by atoms with Crippen molar-refractivity contribution in [1.29, 1.82) is 0 Å². The van der Waals surface area contributed by atoms with Gasteiger partial charge in [0.15, 0.2) is 23.0 Å². The Morgan fingerprint density at radius 3 is 2.56 bits per heavy atom. The van der Waals surface area contributed by atoms with E-state index in [4.69, 9.17) is 18.9 Å². The average Bonchev–Trinajstić information content (AvgIpc) is 3.02. The Hall–Kier alpha value is -2.60. The standard InChI is InChI=1S/C19H20O6/c1-10-17(11-5-4-6-13(22-3)18(11)20)12-7-15-16(24-9-23-15)8-14(12)25-19(10,2)21/h4-8,10,17,20-21H,9H2,1-3H3/t10-,17+,19+/m0/s1. The van der Waals surface area contributed by atoms with Crippen LogP contribution in [0.3, 0.4) is 0 Å².